The molecule has 1 aliphatic carbocycles. The highest BCUT2D eigenvalue weighted by Gasteiger charge is 2.23. The minimum absolute atomic E-state index is 0.467. The standard InChI is InChI=1S/C15H27O4/c1-5-17-10-12-6-8-13(9-7-12)11-18-14(16)19-15(2,3)4/h5,12-13H,6-11H2,1-4H3. The van der Waals surface area contributed by atoms with E-state index in [-0.39, 0.29) is 0 Å². The van der Waals surface area contributed by atoms with Gasteiger partial charge in [-0.15, -0.1) is 0 Å². The molecule has 0 aliphatic heterocycles. The summed E-state index contributed by atoms with van der Waals surface area (Å²) in [6.45, 7) is 10.5. The minimum atomic E-state index is -0.557. The number of ether oxygens (including phenoxy) is 3. The van der Waals surface area contributed by atoms with Gasteiger partial charge < -0.3 is 14.2 Å². The predicted octanol–water partition coefficient (Wildman–Crippen LogP) is 3.94. The molecule has 0 N–H and O–H groups in total. The van der Waals surface area contributed by atoms with E-state index >= 15 is 0 Å². The van der Waals surface area contributed by atoms with Crippen molar-refractivity contribution in [3.8, 4) is 0 Å². The molecule has 19 heavy (non-hydrogen) atoms. The van der Waals surface area contributed by atoms with Crippen molar-refractivity contribution in [2.45, 2.75) is 59.0 Å². The lowest BCUT2D eigenvalue weighted by Gasteiger charge is -2.28. The fourth-order valence-electron chi connectivity index (χ4n) is 2.26. The lowest BCUT2D eigenvalue weighted by molar-refractivity contribution is -0.0170. The topological polar surface area (TPSA) is 44.8 Å². The lowest BCUT2D eigenvalue weighted by Crippen LogP contribution is -2.27. The van der Waals surface area contributed by atoms with Crippen LogP contribution in [-0.4, -0.2) is 25.0 Å². The Hall–Kier alpha value is -0.770. The van der Waals surface area contributed by atoms with Gasteiger partial charge in [-0.05, 0) is 65.2 Å². The number of carbonyl (C=O) groups excluding carboxylic acids is 1. The zero-order valence-corrected chi connectivity index (χ0v) is 12.6. The average Bonchev–Trinajstić information content (AvgIpc) is 2.33. The fourth-order valence-corrected chi connectivity index (χ4v) is 2.26. The van der Waals surface area contributed by atoms with Crippen molar-refractivity contribution < 1.29 is 19.0 Å². The van der Waals surface area contributed by atoms with Crippen LogP contribution in [0.3, 0.4) is 0 Å². The summed E-state index contributed by atoms with van der Waals surface area (Å²) in [6, 6.07) is 0. The fraction of sp³-hybridized carbons (Fsp3) is 0.867. The van der Waals surface area contributed by atoms with Crippen LogP contribution in [0.15, 0.2) is 0 Å². The maximum absolute atomic E-state index is 11.4. The molecular weight excluding hydrogens is 244 g/mol. The summed E-state index contributed by atoms with van der Waals surface area (Å²) in [4.78, 5) is 11.4. The van der Waals surface area contributed by atoms with Crippen LogP contribution in [0.25, 0.3) is 0 Å². The molecule has 0 spiro atoms. The monoisotopic (exact) mass is 271 g/mol. The van der Waals surface area contributed by atoms with Gasteiger partial charge in [0.1, 0.15) is 5.60 Å². The molecule has 0 amide bonds. The molecule has 1 fully saturated rings. The van der Waals surface area contributed by atoms with Crippen molar-refractivity contribution >= 4 is 6.16 Å². The van der Waals surface area contributed by atoms with E-state index < -0.39 is 11.8 Å². The van der Waals surface area contributed by atoms with Gasteiger partial charge in [-0.3, -0.25) is 0 Å². The van der Waals surface area contributed by atoms with Crippen LogP contribution in [-0.2, 0) is 14.2 Å². The molecule has 0 bridgehead atoms. The third kappa shape index (κ3) is 7.41. The zero-order chi connectivity index (χ0) is 14.3. The van der Waals surface area contributed by atoms with E-state index in [9.17, 15) is 4.79 Å². The lowest BCUT2D eigenvalue weighted by atomic mass is 9.83. The van der Waals surface area contributed by atoms with Gasteiger partial charge in [0.25, 0.3) is 0 Å². The molecule has 0 aromatic heterocycles. The van der Waals surface area contributed by atoms with Crippen LogP contribution in [0.1, 0.15) is 53.4 Å². The highest BCUT2D eigenvalue weighted by atomic mass is 16.7. The van der Waals surface area contributed by atoms with Crippen LogP contribution < -0.4 is 0 Å². The van der Waals surface area contributed by atoms with E-state index in [0.29, 0.717) is 18.4 Å². The molecule has 1 rings (SSSR count). The van der Waals surface area contributed by atoms with Crippen molar-refractivity contribution in [1.82, 2.24) is 0 Å². The SMILES string of the molecule is C[CH]OCC1CCC(COC(=O)OC(C)(C)C)CC1. The molecule has 0 aromatic rings. The number of carbonyl (C=O) groups is 1. The summed E-state index contributed by atoms with van der Waals surface area (Å²) in [5.74, 6) is 1.11. The second-order valence-corrected chi connectivity index (χ2v) is 6.23. The van der Waals surface area contributed by atoms with Crippen LogP contribution in [0.2, 0.25) is 0 Å². The quantitative estimate of drug-likeness (QED) is 0.710. The number of rotatable bonds is 5. The Morgan fingerprint density at radius 1 is 1.11 bits per heavy atom. The molecule has 4 heteroatoms. The molecule has 1 saturated carbocycles. The normalized spacial score (nSPS) is 24.0. The van der Waals surface area contributed by atoms with Gasteiger partial charge >= 0.3 is 6.16 Å². The highest BCUT2D eigenvalue weighted by molar-refractivity contribution is 5.60. The van der Waals surface area contributed by atoms with Gasteiger partial charge in [0.2, 0.25) is 0 Å². The smallest absolute Gasteiger partial charge is 0.434 e. The van der Waals surface area contributed by atoms with Gasteiger partial charge in [-0.1, -0.05) is 0 Å². The summed E-state index contributed by atoms with van der Waals surface area (Å²) in [5, 5.41) is 0. The Bertz CT molecular complexity index is 262. The van der Waals surface area contributed by atoms with Crippen LogP contribution in [0, 0.1) is 18.4 Å². The molecule has 111 valence electrons. The maximum atomic E-state index is 11.4. The first-order valence-corrected chi connectivity index (χ1v) is 7.16. The summed E-state index contributed by atoms with van der Waals surface area (Å²) < 4.78 is 15.6. The van der Waals surface area contributed by atoms with Crippen molar-refractivity contribution in [2.24, 2.45) is 11.8 Å². The van der Waals surface area contributed by atoms with Crippen molar-refractivity contribution in [3.05, 3.63) is 6.61 Å². The van der Waals surface area contributed by atoms with E-state index in [1.807, 2.05) is 27.7 Å². The Kier molecular flexibility index (Phi) is 6.63. The summed E-state index contributed by atoms with van der Waals surface area (Å²) in [6.07, 6.45) is 3.94. The third-order valence-electron chi connectivity index (χ3n) is 3.29. The molecule has 0 aromatic carbocycles. The van der Waals surface area contributed by atoms with Crippen LogP contribution in [0.4, 0.5) is 4.79 Å². The van der Waals surface area contributed by atoms with E-state index in [2.05, 4.69) is 0 Å². The van der Waals surface area contributed by atoms with E-state index in [0.717, 1.165) is 32.3 Å². The van der Waals surface area contributed by atoms with Gasteiger partial charge in [0, 0.05) is 6.61 Å². The van der Waals surface area contributed by atoms with Gasteiger partial charge in [-0.25, -0.2) is 4.79 Å². The summed E-state index contributed by atoms with van der Waals surface area (Å²) in [7, 11) is 0. The molecule has 1 aliphatic rings. The number of hydrogen-bond donors (Lipinski definition) is 0. The van der Waals surface area contributed by atoms with Gasteiger partial charge in [0.05, 0.1) is 13.2 Å². The molecular formula is C15H27O4. The second-order valence-electron chi connectivity index (χ2n) is 6.23. The number of hydrogen-bond acceptors (Lipinski definition) is 4. The first kappa shape index (κ1) is 16.3. The minimum Gasteiger partial charge on any atom is -0.434 e. The van der Waals surface area contributed by atoms with Gasteiger partial charge in [0.15, 0.2) is 0 Å². The maximum Gasteiger partial charge on any atom is 0.508 e. The van der Waals surface area contributed by atoms with Crippen LogP contribution in [0.5, 0.6) is 0 Å². The van der Waals surface area contributed by atoms with Crippen LogP contribution >= 0.6 is 0 Å². The highest BCUT2D eigenvalue weighted by Crippen LogP contribution is 2.29. The average molecular weight is 271 g/mol. The first-order chi connectivity index (χ1) is 8.90. The molecule has 1 radical (unpaired) electrons. The third-order valence-corrected chi connectivity index (χ3v) is 3.29. The van der Waals surface area contributed by atoms with Crippen molar-refractivity contribution in [3.63, 3.8) is 0 Å². The second kappa shape index (κ2) is 7.73. The molecule has 0 unspecified atom stereocenters. The molecule has 0 atom stereocenters. The zero-order valence-electron chi connectivity index (χ0n) is 12.6. The Balaban J connectivity index is 2.14. The molecule has 4 nitrogen and oxygen atoms in total. The molecule has 0 heterocycles. The van der Waals surface area contributed by atoms with Gasteiger partial charge in [-0.2, -0.15) is 0 Å². The summed E-state index contributed by atoms with van der Waals surface area (Å²) in [5.41, 5.74) is -0.483. The first-order valence-electron chi connectivity index (χ1n) is 7.16. The largest absolute Gasteiger partial charge is 0.508 e. The Morgan fingerprint density at radius 3 is 2.11 bits per heavy atom. The van der Waals surface area contributed by atoms with E-state index in [1.165, 1.54) is 0 Å². The predicted molar refractivity (Wildman–Crippen MR) is 73.6 cm³/mol. The Morgan fingerprint density at radius 2 is 1.63 bits per heavy atom. The molecule has 0 saturated heterocycles. The summed E-state index contributed by atoms with van der Waals surface area (Å²) >= 11 is 0. The van der Waals surface area contributed by atoms with E-state index in [1.54, 1.807) is 6.61 Å². The Labute approximate surface area is 116 Å². The van der Waals surface area contributed by atoms with Crippen molar-refractivity contribution in [2.75, 3.05) is 13.2 Å². The van der Waals surface area contributed by atoms with Crippen molar-refractivity contribution in [1.29, 1.82) is 0 Å². The van der Waals surface area contributed by atoms with E-state index in [4.69, 9.17) is 14.2 Å².